The summed E-state index contributed by atoms with van der Waals surface area (Å²) in [4.78, 5) is 25.1. The Bertz CT molecular complexity index is 1320. The van der Waals surface area contributed by atoms with E-state index in [1.807, 2.05) is 13.0 Å². The van der Waals surface area contributed by atoms with E-state index in [1.165, 1.54) is 34.9 Å². The molecule has 1 N–H and O–H groups in total. The summed E-state index contributed by atoms with van der Waals surface area (Å²) in [6.07, 6.45) is 2.43. The topological polar surface area (TPSA) is 58.1 Å². The highest BCUT2D eigenvalue weighted by atomic mass is 32.1. The number of hydrogen-bond donors (Lipinski definition) is 1. The monoisotopic (exact) mass is 436 g/mol. The predicted molar refractivity (Wildman–Crippen MR) is 118 cm³/mol. The van der Waals surface area contributed by atoms with Crippen molar-refractivity contribution in [3.63, 3.8) is 0 Å². The number of rotatable bonds is 3. The highest BCUT2D eigenvalue weighted by molar-refractivity contribution is 7.20. The molecule has 1 aliphatic heterocycles. The Morgan fingerprint density at radius 2 is 1.94 bits per heavy atom. The molecule has 0 fully saturated rings. The zero-order valence-electron chi connectivity index (χ0n) is 16.7. The van der Waals surface area contributed by atoms with Crippen molar-refractivity contribution in [1.82, 2.24) is 9.97 Å². The van der Waals surface area contributed by atoms with Crippen molar-refractivity contribution in [1.29, 1.82) is 0 Å². The SMILES string of the molecule is Cc1c(C(=O)Nc2ccc(F)cc2F)sc2ncnc(N3CCc4ccccc4C3)c12. The maximum Gasteiger partial charge on any atom is 0.266 e. The van der Waals surface area contributed by atoms with Crippen molar-refractivity contribution < 1.29 is 13.6 Å². The lowest BCUT2D eigenvalue weighted by atomic mass is 9.99. The van der Waals surface area contributed by atoms with E-state index >= 15 is 0 Å². The average molecular weight is 436 g/mol. The molecule has 1 aliphatic rings. The standard InChI is InChI=1S/C23H18F2N4OS/c1-13-19-21(29-9-8-14-4-2-3-5-15(14)11-29)26-12-27-23(19)31-20(13)22(30)28-18-7-6-16(24)10-17(18)25/h2-7,10,12H,8-9,11H2,1H3,(H,28,30). The van der Waals surface area contributed by atoms with Gasteiger partial charge in [0.25, 0.3) is 5.91 Å². The molecule has 0 aliphatic carbocycles. The summed E-state index contributed by atoms with van der Waals surface area (Å²) in [5.74, 6) is -1.18. The summed E-state index contributed by atoms with van der Waals surface area (Å²) in [6, 6.07) is 11.4. The Balaban J connectivity index is 1.50. The van der Waals surface area contributed by atoms with Gasteiger partial charge in [-0.15, -0.1) is 11.3 Å². The zero-order valence-corrected chi connectivity index (χ0v) is 17.5. The summed E-state index contributed by atoms with van der Waals surface area (Å²) < 4.78 is 27.1. The van der Waals surface area contributed by atoms with Gasteiger partial charge in [0, 0.05) is 19.2 Å². The van der Waals surface area contributed by atoms with Crippen LogP contribution in [0, 0.1) is 18.6 Å². The van der Waals surface area contributed by atoms with Crippen LogP contribution in [-0.4, -0.2) is 22.4 Å². The van der Waals surface area contributed by atoms with E-state index in [2.05, 4.69) is 38.4 Å². The number of thiophene rings is 1. The number of nitrogens with one attached hydrogen (secondary N) is 1. The number of amides is 1. The number of fused-ring (bicyclic) bond motifs is 2. The number of hydrogen-bond acceptors (Lipinski definition) is 5. The van der Waals surface area contributed by atoms with E-state index in [1.54, 1.807) is 0 Å². The van der Waals surface area contributed by atoms with Crippen molar-refractivity contribution in [2.45, 2.75) is 19.9 Å². The zero-order chi connectivity index (χ0) is 21.5. The molecule has 0 radical (unpaired) electrons. The molecule has 0 unspecified atom stereocenters. The Morgan fingerprint density at radius 3 is 2.74 bits per heavy atom. The Kier molecular flexibility index (Phi) is 4.86. The number of nitrogens with zero attached hydrogens (tertiary/aromatic N) is 3. The lowest BCUT2D eigenvalue weighted by Gasteiger charge is -2.30. The molecule has 156 valence electrons. The minimum Gasteiger partial charge on any atom is -0.351 e. The van der Waals surface area contributed by atoms with E-state index < -0.39 is 17.5 Å². The fraction of sp³-hybridized carbons (Fsp3) is 0.174. The van der Waals surface area contributed by atoms with Gasteiger partial charge in [-0.25, -0.2) is 18.7 Å². The van der Waals surface area contributed by atoms with Crippen LogP contribution >= 0.6 is 11.3 Å². The van der Waals surface area contributed by atoms with Crippen LogP contribution in [0.5, 0.6) is 0 Å². The van der Waals surface area contributed by atoms with Crippen molar-refractivity contribution in [3.8, 4) is 0 Å². The average Bonchev–Trinajstić information content (AvgIpc) is 3.12. The fourth-order valence-corrected chi connectivity index (χ4v) is 4.99. The summed E-state index contributed by atoms with van der Waals surface area (Å²) in [6.45, 7) is 3.40. The third-order valence-electron chi connectivity index (χ3n) is 5.52. The Hall–Kier alpha value is -3.39. The normalized spacial score (nSPS) is 13.3. The van der Waals surface area contributed by atoms with Gasteiger partial charge < -0.3 is 10.2 Å². The van der Waals surface area contributed by atoms with Gasteiger partial charge in [0.1, 0.15) is 28.6 Å². The van der Waals surface area contributed by atoms with Gasteiger partial charge in [-0.2, -0.15) is 0 Å². The van der Waals surface area contributed by atoms with Crippen molar-refractivity contribution in [3.05, 3.63) is 82.0 Å². The molecular formula is C23H18F2N4OS. The van der Waals surface area contributed by atoms with Crippen LogP contribution in [0.4, 0.5) is 20.3 Å². The lowest BCUT2D eigenvalue weighted by molar-refractivity contribution is 0.102. The predicted octanol–water partition coefficient (Wildman–Crippen LogP) is 5.09. The number of carbonyl (C=O) groups is 1. The third-order valence-corrected chi connectivity index (χ3v) is 6.72. The molecule has 31 heavy (non-hydrogen) atoms. The van der Waals surface area contributed by atoms with Crippen LogP contribution in [0.15, 0.2) is 48.8 Å². The smallest absolute Gasteiger partial charge is 0.266 e. The minimum atomic E-state index is -0.820. The maximum absolute atomic E-state index is 14.0. The van der Waals surface area contributed by atoms with Crippen LogP contribution in [0.25, 0.3) is 10.2 Å². The van der Waals surface area contributed by atoms with Gasteiger partial charge in [0.15, 0.2) is 0 Å². The third kappa shape index (κ3) is 3.53. The van der Waals surface area contributed by atoms with E-state index in [0.717, 1.165) is 48.4 Å². The summed E-state index contributed by atoms with van der Waals surface area (Å²) in [7, 11) is 0. The maximum atomic E-state index is 14.0. The quantitative estimate of drug-likeness (QED) is 0.486. The molecular weight excluding hydrogens is 418 g/mol. The van der Waals surface area contributed by atoms with Gasteiger partial charge in [-0.3, -0.25) is 4.79 Å². The van der Waals surface area contributed by atoms with E-state index in [4.69, 9.17) is 0 Å². The molecule has 2 aromatic carbocycles. The minimum absolute atomic E-state index is 0.0674. The highest BCUT2D eigenvalue weighted by Gasteiger charge is 2.24. The first-order chi connectivity index (χ1) is 15.0. The molecule has 5 nitrogen and oxygen atoms in total. The van der Waals surface area contributed by atoms with Crippen LogP contribution in [-0.2, 0) is 13.0 Å². The molecule has 0 saturated heterocycles. The first-order valence-corrected chi connectivity index (χ1v) is 10.6. The molecule has 0 atom stereocenters. The summed E-state index contributed by atoms with van der Waals surface area (Å²) >= 11 is 1.24. The van der Waals surface area contributed by atoms with Gasteiger partial charge in [-0.05, 0) is 42.2 Å². The number of benzene rings is 2. The highest BCUT2D eigenvalue weighted by Crippen LogP contribution is 2.37. The molecule has 5 rings (SSSR count). The van der Waals surface area contributed by atoms with E-state index in [-0.39, 0.29) is 5.69 Å². The van der Waals surface area contributed by atoms with E-state index in [9.17, 15) is 13.6 Å². The molecule has 4 aromatic rings. The molecule has 1 amide bonds. The molecule has 0 saturated carbocycles. The van der Waals surface area contributed by atoms with Crippen LogP contribution < -0.4 is 10.2 Å². The first kappa shape index (κ1) is 19.6. The lowest BCUT2D eigenvalue weighted by Crippen LogP contribution is -2.31. The van der Waals surface area contributed by atoms with Crippen LogP contribution in [0.2, 0.25) is 0 Å². The van der Waals surface area contributed by atoms with Crippen LogP contribution in [0.3, 0.4) is 0 Å². The number of aromatic nitrogens is 2. The Morgan fingerprint density at radius 1 is 1.13 bits per heavy atom. The van der Waals surface area contributed by atoms with Crippen LogP contribution in [0.1, 0.15) is 26.4 Å². The fourth-order valence-electron chi connectivity index (χ4n) is 3.96. The van der Waals surface area contributed by atoms with Crippen molar-refractivity contribution >= 4 is 39.0 Å². The van der Waals surface area contributed by atoms with Crippen molar-refractivity contribution in [2.24, 2.45) is 0 Å². The number of carbonyl (C=O) groups excluding carboxylic acids is 1. The molecule has 2 aromatic heterocycles. The van der Waals surface area contributed by atoms with E-state index in [0.29, 0.717) is 9.71 Å². The summed E-state index contributed by atoms with van der Waals surface area (Å²) in [5, 5.41) is 3.37. The molecule has 3 heterocycles. The second kappa shape index (κ2) is 7.70. The number of aryl methyl sites for hydroxylation is 1. The second-order valence-electron chi connectivity index (χ2n) is 7.45. The van der Waals surface area contributed by atoms with Gasteiger partial charge in [-0.1, -0.05) is 24.3 Å². The Labute approximate surface area is 181 Å². The molecule has 0 spiro atoms. The number of anilines is 2. The largest absolute Gasteiger partial charge is 0.351 e. The first-order valence-electron chi connectivity index (χ1n) is 9.83. The second-order valence-corrected chi connectivity index (χ2v) is 8.45. The van der Waals surface area contributed by atoms with Gasteiger partial charge in [0.2, 0.25) is 0 Å². The van der Waals surface area contributed by atoms with Gasteiger partial charge in [0.05, 0.1) is 16.0 Å². The molecule has 8 heteroatoms. The molecule has 0 bridgehead atoms. The number of halogens is 2. The van der Waals surface area contributed by atoms with Crippen molar-refractivity contribution in [2.75, 3.05) is 16.8 Å². The summed E-state index contributed by atoms with van der Waals surface area (Å²) in [5.41, 5.74) is 3.28. The van der Waals surface area contributed by atoms with Gasteiger partial charge >= 0.3 is 0 Å².